The molecule has 0 aliphatic carbocycles. The zero-order valence-corrected chi connectivity index (χ0v) is 25.7. The summed E-state index contributed by atoms with van der Waals surface area (Å²) in [5, 5.41) is 11.7. The van der Waals surface area contributed by atoms with Crippen molar-refractivity contribution in [2.24, 2.45) is 5.10 Å². The van der Waals surface area contributed by atoms with Gasteiger partial charge in [0, 0.05) is 27.2 Å². The Kier molecular flexibility index (Phi) is 9.59. The summed E-state index contributed by atoms with van der Waals surface area (Å²) in [7, 11) is 0. The van der Waals surface area contributed by atoms with E-state index in [0.717, 1.165) is 37.7 Å². The quantitative estimate of drug-likeness (QED) is 0.120. The molecule has 0 radical (unpaired) electrons. The van der Waals surface area contributed by atoms with Crippen LogP contribution >= 0.6 is 62.1 Å². The predicted molar refractivity (Wildman–Crippen MR) is 172 cm³/mol. The fraction of sp³-hybridized carbons (Fsp3) is 0.0333. The van der Waals surface area contributed by atoms with Gasteiger partial charge in [0.1, 0.15) is 12.4 Å². The van der Waals surface area contributed by atoms with Crippen molar-refractivity contribution in [1.82, 2.24) is 10.4 Å². The first-order chi connectivity index (χ1) is 19.8. The Bertz CT molecular complexity index is 1710. The Labute approximate surface area is 264 Å². The van der Waals surface area contributed by atoms with Crippen molar-refractivity contribution in [1.29, 1.82) is 0 Å². The molecule has 0 saturated carbocycles. The van der Waals surface area contributed by atoms with E-state index in [-0.39, 0.29) is 5.91 Å². The van der Waals surface area contributed by atoms with E-state index in [4.69, 9.17) is 39.5 Å². The molecule has 0 saturated heterocycles. The van der Waals surface area contributed by atoms with Crippen LogP contribution in [-0.2, 0) is 6.61 Å². The third kappa shape index (κ3) is 7.87. The van der Waals surface area contributed by atoms with Crippen LogP contribution in [0.15, 0.2) is 99.9 Å². The van der Waals surface area contributed by atoms with E-state index in [0.29, 0.717) is 33.0 Å². The van der Waals surface area contributed by atoms with Crippen molar-refractivity contribution in [2.75, 3.05) is 5.32 Å². The molecule has 5 aromatic rings. The Morgan fingerprint density at radius 2 is 1.73 bits per heavy atom. The molecule has 0 unspecified atom stereocenters. The van der Waals surface area contributed by atoms with Crippen molar-refractivity contribution in [3.63, 3.8) is 0 Å². The molecule has 206 valence electrons. The van der Waals surface area contributed by atoms with E-state index in [1.807, 2.05) is 66.0 Å². The lowest BCUT2D eigenvalue weighted by atomic mass is 10.1. The minimum Gasteiger partial charge on any atom is -0.488 e. The first kappa shape index (κ1) is 29.1. The summed E-state index contributed by atoms with van der Waals surface area (Å²) < 4.78 is 6.62. The highest BCUT2D eigenvalue weighted by Gasteiger charge is 2.09. The first-order valence-electron chi connectivity index (χ1n) is 12.1. The molecule has 2 N–H and O–H groups in total. The van der Waals surface area contributed by atoms with Crippen molar-refractivity contribution in [3.05, 3.63) is 127 Å². The lowest BCUT2D eigenvalue weighted by Crippen LogP contribution is -2.17. The number of rotatable bonds is 9. The number of aromatic nitrogens is 1. The number of carbonyl (C=O) groups excluding carboxylic acids is 1. The average molecular weight is 687 g/mol. The molecule has 0 atom stereocenters. The Morgan fingerprint density at radius 3 is 2.46 bits per heavy atom. The van der Waals surface area contributed by atoms with E-state index in [9.17, 15) is 4.79 Å². The lowest BCUT2D eigenvalue weighted by molar-refractivity contribution is 0.0955. The molecular formula is C30H20BrCl3N4O2S. The summed E-state index contributed by atoms with van der Waals surface area (Å²) >= 11 is 23.0. The number of hydrazone groups is 1. The summed E-state index contributed by atoms with van der Waals surface area (Å²) in [6.45, 7) is 0.335. The highest BCUT2D eigenvalue weighted by atomic mass is 79.9. The average Bonchev–Trinajstić information content (AvgIpc) is 3.44. The van der Waals surface area contributed by atoms with Crippen LogP contribution in [0, 0.1) is 0 Å². The number of thiazole rings is 1. The van der Waals surface area contributed by atoms with E-state index >= 15 is 0 Å². The molecule has 0 aliphatic rings. The van der Waals surface area contributed by atoms with Crippen LogP contribution in [0.2, 0.25) is 15.1 Å². The van der Waals surface area contributed by atoms with Gasteiger partial charge in [0.25, 0.3) is 5.91 Å². The molecular weight excluding hydrogens is 667 g/mol. The molecule has 11 heteroatoms. The molecule has 0 bridgehead atoms. The van der Waals surface area contributed by atoms with Gasteiger partial charge in [-0.3, -0.25) is 4.79 Å². The zero-order chi connectivity index (χ0) is 28.8. The van der Waals surface area contributed by atoms with Gasteiger partial charge in [0.2, 0.25) is 0 Å². The van der Waals surface area contributed by atoms with Crippen LogP contribution in [0.1, 0.15) is 21.5 Å². The number of benzene rings is 4. The SMILES string of the molecule is O=C(N/N=C\c1ccc(OCc2ccc(Cl)c(Cl)c2)c(Br)c1)c1ccc(-c2csc(Nc3ccc(Cl)cc3)n2)cc1. The first-order valence-corrected chi connectivity index (χ1v) is 14.9. The molecule has 1 amide bonds. The molecule has 1 heterocycles. The van der Waals surface area contributed by atoms with Gasteiger partial charge >= 0.3 is 0 Å². The van der Waals surface area contributed by atoms with Crippen LogP contribution in [0.3, 0.4) is 0 Å². The number of nitrogens with zero attached hydrogens (tertiary/aromatic N) is 2. The van der Waals surface area contributed by atoms with Crippen LogP contribution in [0.25, 0.3) is 11.3 Å². The van der Waals surface area contributed by atoms with Gasteiger partial charge in [-0.1, -0.05) is 53.0 Å². The van der Waals surface area contributed by atoms with Crippen molar-refractivity contribution in [2.45, 2.75) is 6.61 Å². The number of halogens is 4. The largest absolute Gasteiger partial charge is 0.488 e. The maximum atomic E-state index is 12.6. The van der Waals surface area contributed by atoms with Gasteiger partial charge in [-0.2, -0.15) is 5.10 Å². The number of hydrogen-bond acceptors (Lipinski definition) is 6. The highest BCUT2D eigenvalue weighted by Crippen LogP contribution is 2.29. The predicted octanol–water partition coefficient (Wildman–Crippen LogP) is 9.62. The third-order valence-corrected chi connectivity index (χ3v) is 8.12. The van der Waals surface area contributed by atoms with E-state index < -0.39 is 0 Å². The van der Waals surface area contributed by atoms with Crippen LogP contribution < -0.4 is 15.5 Å². The smallest absolute Gasteiger partial charge is 0.271 e. The molecule has 41 heavy (non-hydrogen) atoms. The Morgan fingerprint density at radius 1 is 0.951 bits per heavy atom. The fourth-order valence-electron chi connectivity index (χ4n) is 3.65. The number of nitrogens with one attached hydrogen (secondary N) is 2. The van der Waals surface area contributed by atoms with Crippen LogP contribution in [0.5, 0.6) is 5.75 Å². The molecule has 4 aromatic carbocycles. The molecule has 6 nitrogen and oxygen atoms in total. The van der Waals surface area contributed by atoms with Gasteiger partial charge < -0.3 is 10.1 Å². The van der Waals surface area contributed by atoms with Crippen molar-refractivity contribution in [3.8, 4) is 17.0 Å². The monoisotopic (exact) mass is 684 g/mol. The normalized spacial score (nSPS) is 11.0. The number of ether oxygens (including phenoxy) is 1. The molecule has 5 rings (SSSR count). The van der Waals surface area contributed by atoms with E-state index in [2.05, 4.69) is 36.8 Å². The number of amides is 1. The van der Waals surface area contributed by atoms with Gasteiger partial charge in [-0.05, 0) is 93.8 Å². The van der Waals surface area contributed by atoms with Gasteiger partial charge in [-0.15, -0.1) is 11.3 Å². The minimum atomic E-state index is -0.322. The number of carbonyl (C=O) groups is 1. The van der Waals surface area contributed by atoms with Crippen molar-refractivity contribution >= 4 is 85.0 Å². The Balaban J connectivity index is 1.14. The second kappa shape index (κ2) is 13.5. The van der Waals surface area contributed by atoms with Crippen LogP contribution in [-0.4, -0.2) is 17.1 Å². The summed E-state index contributed by atoms with van der Waals surface area (Å²) in [5.41, 5.74) is 7.33. The topological polar surface area (TPSA) is 75.6 Å². The lowest BCUT2D eigenvalue weighted by Gasteiger charge is -2.09. The molecule has 0 aliphatic heterocycles. The second-order valence-electron chi connectivity index (χ2n) is 8.67. The van der Waals surface area contributed by atoms with E-state index in [1.165, 1.54) is 11.3 Å². The van der Waals surface area contributed by atoms with Crippen molar-refractivity contribution < 1.29 is 9.53 Å². The summed E-state index contributed by atoms with van der Waals surface area (Å²) in [4.78, 5) is 17.2. The van der Waals surface area contributed by atoms with E-state index in [1.54, 1.807) is 30.5 Å². The van der Waals surface area contributed by atoms with Gasteiger partial charge in [0.15, 0.2) is 5.13 Å². The number of hydrogen-bond donors (Lipinski definition) is 2. The molecule has 0 spiro atoms. The standard InChI is InChI=1S/C30H20BrCl3N4O2S/c31-24-13-18(2-12-28(24)40-16-19-1-11-25(33)26(34)14-19)15-35-38-29(39)21-5-3-20(4-6-21)27-17-41-30(37-27)36-23-9-7-22(32)8-10-23/h1-15,17H,16H2,(H,36,37)(H,38,39)/b35-15-. The highest BCUT2D eigenvalue weighted by molar-refractivity contribution is 9.10. The summed E-state index contributed by atoms with van der Waals surface area (Å²) in [6, 6.07) is 25.5. The maximum Gasteiger partial charge on any atom is 0.271 e. The minimum absolute atomic E-state index is 0.322. The third-order valence-electron chi connectivity index (χ3n) is 5.76. The maximum absolute atomic E-state index is 12.6. The molecule has 0 fully saturated rings. The number of anilines is 2. The van der Waals surface area contributed by atoms with Gasteiger partial charge in [-0.25, -0.2) is 10.4 Å². The van der Waals surface area contributed by atoms with Crippen LogP contribution in [0.4, 0.5) is 10.8 Å². The Hall–Kier alpha value is -3.40. The fourth-order valence-corrected chi connectivity index (χ4v) is 5.35. The zero-order valence-electron chi connectivity index (χ0n) is 21.1. The van der Waals surface area contributed by atoms with Gasteiger partial charge in [0.05, 0.1) is 26.4 Å². The summed E-state index contributed by atoms with van der Waals surface area (Å²) in [5.74, 6) is 0.335. The molecule has 1 aromatic heterocycles. The summed E-state index contributed by atoms with van der Waals surface area (Å²) in [6.07, 6.45) is 1.56. The second-order valence-corrected chi connectivity index (χ2v) is 11.6.